The zero-order valence-corrected chi connectivity index (χ0v) is 17.6. The molecule has 0 unspecified atom stereocenters. The van der Waals surface area contributed by atoms with Crippen molar-refractivity contribution >= 4 is 29.5 Å². The average molecular weight is 425 g/mol. The van der Waals surface area contributed by atoms with Crippen molar-refractivity contribution in [3.05, 3.63) is 107 Å². The Morgan fingerprint density at radius 2 is 1.52 bits per heavy atom. The maximum atomic E-state index is 13.7. The van der Waals surface area contributed by atoms with E-state index in [1.165, 1.54) is 19.1 Å². The number of halogens is 1. The van der Waals surface area contributed by atoms with Gasteiger partial charge in [0.05, 0.1) is 0 Å². The Morgan fingerprint density at radius 1 is 0.931 bits per heavy atom. The fourth-order valence-electron chi connectivity index (χ4n) is 2.68. The van der Waals surface area contributed by atoms with Crippen molar-refractivity contribution in [3.63, 3.8) is 0 Å². The second-order valence-corrected chi connectivity index (χ2v) is 8.73. The van der Waals surface area contributed by atoms with E-state index in [1.807, 2.05) is 42.5 Å². The SMILES string of the molecule is CC(=O)O[C@@H](CC=C(Sc1ccccc1)Sc1ccccc1)c1cccc(F)c1. The van der Waals surface area contributed by atoms with Crippen LogP contribution in [0.5, 0.6) is 0 Å². The lowest BCUT2D eigenvalue weighted by atomic mass is 10.1. The van der Waals surface area contributed by atoms with Crippen molar-refractivity contribution in [3.8, 4) is 0 Å². The Balaban J connectivity index is 1.84. The normalized spacial score (nSPS) is 11.5. The molecule has 0 amide bonds. The Kier molecular flexibility index (Phi) is 7.96. The van der Waals surface area contributed by atoms with Crippen LogP contribution in [0.15, 0.2) is 105 Å². The number of thioether (sulfide) groups is 2. The van der Waals surface area contributed by atoms with Crippen LogP contribution in [0.1, 0.15) is 25.0 Å². The summed E-state index contributed by atoms with van der Waals surface area (Å²) in [5, 5.41) is 0. The van der Waals surface area contributed by atoms with Gasteiger partial charge in [-0.3, -0.25) is 4.79 Å². The fraction of sp³-hybridized carbons (Fsp3) is 0.125. The van der Waals surface area contributed by atoms with Crippen LogP contribution in [-0.2, 0) is 9.53 Å². The summed E-state index contributed by atoms with van der Waals surface area (Å²) >= 11 is 3.30. The predicted molar refractivity (Wildman–Crippen MR) is 118 cm³/mol. The minimum Gasteiger partial charge on any atom is -0.457 e. The molecule has 3 aromatic carbocycles. The van der Waals surface area contributed by atoms with Crippen LogP contribution in [0.25, 0.3) is 0 Å². The number of carbonyl (C=O) groups is 1. The molecular weight excluding hydrogens is 403 g/mol. The first kappa shape index (κ1) is 21.2. The van der Waals surface area contributed by atoms with E-state index in [9.17, 15) is 9.18 Å². The third-order valence-electron chi connectivity index (χ3n) is 3.95. The van der Waals surface area contributed by atoms with Crippen LogP contribution < -0.4 is 0 Å². The lowest BCUT2D eigenvalue weighted by molar-refractivity contribution is -0.146. The number of esters is 1. The standard InChI is InChI=1S/C24H21FO2S2/c1-18(26)27-23(19-9-8-10-20(25)17-19)15-16-24(28-21-11-4-2-5-12-21)29-22-13-6-3-7-14-22/h2-14,16-17,23H,15H2,1H3/t23-/m0/s1. The van der Waals surface area contributed by atoms with Crippen LogP contribution in [0, 0.1) is 5.82 Å². The second-order valence-electron chi connectivity index (χ2n) is 6.24. The first-order chi connectivity index (χ1) is 14.1. The Morgan fingerprint density at radius 3 is 2.03 bits per heavy atom. The van der Waals surface area contributed by atoms with Gasteiger partial charge in [-0.25, -0.2) is 4.39 Å². The summed E-state index contributed by atoms with van der Waals surface area (Å²) in [5.41, 5.74) is 0.644. The number of hydrogen-bond acceptors (Lipinski definition) is 4. The summed E-state index contributed by atoms with van der Waals surface area (Å²) in [6, 6.07) is 26.4. The van der Waals surface area contributed by atoms with E-state index in [-0.39, 0.29) is 11.8 Å². The molecule has 0 spiro atoms. The molecule has 0 fully saturated rings. The monoisotopic (exact) mass is 424 g/mol. The van der Waals surface area contributed by atoms with Crippen molar-refractivity contribution in [2.75, 3.05) is 0 Å². The van der Waals surface area contributed by atoms with E-state index < -0.39 is 6.10 Å². The predicted octanol–water partition coefficient (Wildman–Crippen LogP) is 7.25. The van der Waals surface area contributed by atoms with Gasteiger partial charge in [-0.1, -0.05) is 78.1 Å². The molecule has 0 aliphatic rings. The summed E-state index contributed by atoms with van der Waals surface area (Å²) in [6.45, 7) is 1.37. The van der Waals surface area contributed by atoms with Gasteiger partial charge in [0.25, 0.3) is 0 Å². The molecule has 0 aliphatic heterocycles. The van der Waals surface area contributed by atoms with E-state index in [0.717, 1.165) is 14.0 Å². The zero-order chi connectivity index (χ0) is 20.5. The highest BCUT2D eigenvalue weighted by Crippen LogP contribution is 2.40. The molecule has 0 saturated carbocycles. The van der Waals surface area contributed by atoms with Gasteiger partial charge in [0.1, 0.15) is 11.9 Å². The summed E-state index contributed by atoms with van der Waals surface area (Å²) in [4.78, 5) is 13.8. The van der Waals surface area contributed by atoms with Gasteiger partial charge < -0.3 is 4.74 Å². The first-order valence-corrected chi connectivity index (χ1v) is 10.8. The van der Waals surface area contributed by atoms with E-state index in [2.05, 4.69) is 24.3 Å². The van der Waals surface area contributed by atoms with Crippen molar-refractivity contribution in [2.24, 2.45) is 0 Å². The molecule has 3 aromatic rings. The molecule has 0 bridgehead atoms. The lowest BCUT2D eigenvalue weighted by Crippen LogP contribution is -2.08. The van der Waals surface area contributed by atoms with Crippen molar-refractivity contribution in [2.45, 2.75) is 29.2 Å². The molecule has 0 N–H and O–H groups in total. The van der Waals surface area contributed by atoms with Crippen LogP contribution >= 0.6 is 23.5 Å². The topological polar surface area (TPSA) is 26.3 Å². The molecule has 2 nitrogen and oxygen atoms in total. The Bertz CT molecular complexity index is 915. The lowest BCUT2D eigenvalue weighted by Gasteiger charge is -2.17. The molecule has 148 valence electrons. The smallest absolute Gasteiger partial charge is 0.303 e. The molecule has 29 heavy (non-hydrogen) atoms. The van der Waals surface area contributed by atoms with E-state index >= 15 is 0 Å². The molecule has 0 aromatic heterocycles. The maximum absolute atomic E-state index is 13.7. The van der Waals surface area contributed by atoms with Gasteiger partial charge in [0.15, 0.2) is 0 Å². The third-order valence-corrected chi connectivity index (χ3v) is 6.20. The quantitative estimate of drug-likeness (QED) is 0.281. The van der Waals surface area contributed by atoms with Gasteiger partial charge in [-0.05, 0) is 42.0 Å². The molecular formula is C24H21FO2S2. The van der Waals surface area contributed by atoms with Gasteiger partial charge in [0, 0.05) is 27.4 Å². The number of ether oxygens (including phenoxy) is 1. The Hall–Kier alpha value is -2.50. The summed E-state index contributed by atoms with van der Waals surface area (Å²) in [5.74, 6) is -0.734. The fourth-order valence-corrected chi connectivity index (χ4v) is 4.83. The molecule has 0 aliphatic carbocycles. The van der Waals surface area contributed by atoms with Gasteiger partial charge in [-0.2, -0.15) is 0 Å². The summed E-state index contributed by atoms with van der Waals surface area (Å²) < 4.78 is 20.2. The third kappa shape index (κ3) is 7.11. The maximum Gasteiger partial charge on any atom is 0.303 e. The largest absolute Gasteiger partial charge is 0.457 e. The van der Waals surface area contributed by atoms with Gasteiger partial charge in [-0.15, -0.1) is 0 Å². The highest BCUT2D eigenvalue weighted by atomic mass is 32.2. The zero-order valence-electron chi connectivity index (χ0n) is 16.0. The minimum atomic E-state index is -0.536. The first-order valence-electron chi connectivity index (χ1n) is 9.19. The number of carbonyl (C=O) groups excluding carboxylic acids is 1. The molecule has 1 atom stereocenters. The molecule has 0 saturated heterocycles. The highest BCUT2D eigenvalue weighted by molar-refractivity contribution is 8.22. The number of hydrogen-bond donors (Lipinski definition) is 0. The Labute approximate surface area is 179 Å². The molecule has 3 rings (SSSR count). The minimum absolute atomic E-state index is 0.346. The van der Waals surface area contributed by atoms with Crippen LogP contribution in [0.3, 0.4) is 0 Å². The molecule has 0 radical (unpaired) electrons. The molecule has 5 heteroatoms. The van der Waals surface area contributed by atoms with E-state index in [4.69, 9.17) is 4.74 Å². The summed E-state index contributed by atoms with van der Waals surface area (Å²) in [6.07, 6.45) is 1.97. The van der Waals surface area contributed by atoms with E-state index in [0.29, 0.717) is 12.0 Å². The van der Waals surface area contributed by atoms with Crippen LogP contribution in [0.4, 0.5) is 4.39 Å². The average Bonchev–Trinajstić information content (AvgIpc) is 2.72. The number of rotatable bonds is 8. The summed E-state index contributed by atoms with van der Waals surface area (Å²) in [7, 11) is 0. The van der Waals surface area contributed by atoms with Crippen molar-refractivity contribution < 1.29 is 13.9 Å². The van der Waals surface area contributed by atoms with Crippen LogP contribution in [-0.4, -0.2) is 5.97 Å². The number of benzene rings is 3. The van der Waals surface area contributed by atoms with E-state index in [1.54, 1.807) is 35.7 Å². The highest BCUT2D eigenvalue weighted by Gasteiger charge is 2.15. The van der Waals surface area contributed by atoms with Gasteiger partial charge in [0.2, 0.25) is 0 Å². The second kappa shape index (κ2) is 10.9. The van der Waals surface area contributed by atoms with Crippen molar-refractivity contribution in [1.82, 2.24) is 0 Å². The van der Waals surface area contributed by atoms with Gasteiger partial charge >= 0.3 is 5.97 Å². The van der Waals surface area contributed by atoms with Crippen molar-refractivity contribution in [1.29, 1.82) is 0 Å². The molecule has 0 heterocycles. The van der Waals surface area contributed by atoms with Crippen LogP contribution in [0.2, 0.25) is 0 Å².